The minimum Gasteiger partial charge on any atom is -0.120 e. The first kappa shape index (κ1) is 4.44. The number of terminal acetylenes is 1. The van der Waals surface area contributed by atoms with Crippen molar-refractivity contribution in [1.82, 2.24) is 0 Å². The summed E-state index contributed by atoms with van der Waals surface area (Å²) >= 11 is 0. The van der Waals surface area contributed by atoms with Crippen LogP contribution in [0.2, 0.25) is 0 Å². The molecule has 0 aromatic rings. The molecule has 0 aliphatic heterocycles. The van der Waals surface area contributed by atoms with Crippen molar-refractivity contribution < 1.29 is 0 Å². The van der Waals surface area contributed by atoms with Gasteiger partial charge in [0.05, 0.1) is 0 Å². The molecule has 0 amide bonds. The molecule has 0 unspecified atom stereocenters. The largest absolute Gasteiger partial charge is 0.120 e. The highest BCUT2D eigenvalue weighted by Crippen LogP contribution is 2.60. The van der Waals surface area contributed by atoms with E-state index >= 15 is 0 Å². The molecule has 0 heteroatoms. The minimum atomic E-state index is 0.431. The summed E-state index contributed by atoms with van der Waals surface area (Å²) in [5.41, 5.74) is 0.431. The van der Waals surface area contributed by atoms with Crippen LogP contribution < -0.4 is 0 Å². The van der Waals surface area contributed by atoms with Gasteiger partial charge in [0, 0.05) is 5.41 Å². The molecule has 2 saturated carbocycles. The minimum absolute atomic E-state index is 0.431. The number of hydrogen-bond donors (Lipinski definition) is 0. The molecule has 0 bridgehead atoms. The van der Waals surface area contributed by atoms with Crippen LogP contribution in [-0.2, 0) is 0 Å². The second-order valence-corrected chi connectivity index (χ2v) is 3.07. The normalized spacial score (nSPS) is 31.4. The van der Waals surface area contributed by atoms with Gasteiger partial charge in [-0.05, 0) is 31.6 Å². The highest BCUT2D eigenvalue weighted by Gasteiger charge is 2.52. The van der Waals surface area contributed by atoms with Gasteiger partial charge in [-0.1, -0.05) is 5.92 Å². The van der Waals surface area contributed by atoms with Crippen molar-refractivity contribution in [2.75, 3.05) is 0 Å². The summed E-state index contributed by atoms with van der Waals surface area (Å²) in [6.07, 6.45) is 10.8. The quantitative estimate of drug-likeness (QED) is 0.447. The standard InChI is InChI=1S/C8H10/c1-2-8(5-6-8)7-3-4-7/h1,7H,3-6H2. The van der Waals surface area contributed by atoms with Crippen LogP contribution in [0.4, 0.5) is 0 Å². The number of hydrogen-bond acceptors (Lipinski definition) is 0. The zero-order valence-electron chi connectivity index (χ0n) is 4.98. The summed E-state index contributed by atoms with van der Waals surface area (Å²) in [6, 6.07) is 0. The second kappa shape index (κ2) is 1.10. The molecule has 0 aromatic heterocycles. The fraction of sp³-hybridized carbons (Fsp3) is 0.750. The predicted molar refractivity (Wildman–Crippen MR) is 33.2 cm³/mol. The van der Waals surface area contributed by atoms with Crippen LogP contribution in [-0.4, -0.2) is 0 Å². The van der Waals surface area contributed by atoms with Crippen LogP contribution in [0.1, 0.15) is 25.7 Å². The molecule has 0 heterocycles. The second-order valence-electron chi connectivity index (χ2n) is 3.07. The van der Waals surface area contributed by atoms with E-state index < -0.39 is 0 Å². The first-order chi connectivity index (χ1) is 3.87. The van der Waals surface area contributed by atoms with Gasteiger partial charge in [0.2, 0.25) is 0 Å². The maximum absolute atomic E-state index is 5.36. The average Bonchev–Trinajstić information content (AvgIpc) is 2.63. The van der Waals surface area contributed by atoms with E-state index in [1.54, 1.807) is 0 Å². The highest BCUT2D eigenvalue weighted by molar-refractivity contribution is 5.20. The topological polar surface area (TPSA) is 0 Å². The molecule has 8 heavy (non-hydrogen) atoms. The van der Waals surface area contributed by atoms with Gasteiger partial charge in [-0.3, -0.25) is 0 Å². The van der Waals surface area contributed by atoms with E-state index in [2.05, 4.69) is 5.92 Å². The summed E-state index contributed by atoms with van der Waals surface area (Å²) in [5.74, 6) is 3.85. The van der Waals surface area contributed by atoms with Crippen molar-refractivity contribution in [2.45, 2.75) is 25.7 Å². The van der Waals surface area contributed by atoms with Crippen molar-refractivity contribution in [3.63, 3.8) is 0 Å². The predicted octanol–water partition coefficient (Wildman–Crippen LogP) is 1.81. The smallest absolute Gasteiger partial charge is 0.0341 e. The van der Waals surface area contributed by atoms with Crippen LogP contribution in [0.25, 0.3) is 0 Å². The Morgan fingerprint density at radius 3 is 2.12 bits per heavy atom. The van der Waals surface area contributed by atoms with Crippen LogP contribution >= 0.6 is 0 Å². The van der Waals surface area contributed by atoms with Gasteiger partial charge in [0.25, 0.3) is 0 Å². The van der Waals surface area contributed by atoms with Crippen molar-refractivity contribution in [3.8, 4) is 12.3 Å². The Morgan fingerprint density at radius 1 is 1.38 bits per heavy atom. The fourth-order valence-corrected chi connectivity index (χ4v) is 1.44. The Kier molecular flexibility index (Phi) is 0.612. The molecule has 0 atom stereocenters. The van der Waals surface area contributed by atoms with Gasteiger partial charge in [0.15, 0.2) is 0 Å². The Balaban J connectivity index is 2.12. The molecule has 0 nitrogen and oxygen atoms in total. The molecule has 0 N–H and O–H groups in total. The molecule has 2 fully saturated rings. The number of rotatable bonds is 1. The van der Waals surface area contributed by atoms with Gasteiger partial charge < -0.3 is 0 Å². The zero-order valence-corrected chi connectivity index (χ0v) is 4.98. The molecular weight excluding hydrogens is 96.1 g/mol. The Bertz CT molecular complexity index is 142. The molecule has 0 spiro atoms. The molecule has 2 aliphatic rings. The van der Waals surface area contributed by atoms with Crippen LogP contribution in [0.15, 0.2) is 0 Å². The van der Waals surface area contributed by atoms with E-state index in [1.807, 2.05) is 0 Å². The lowest BCUT2D eigenvalue weighted by Gasteiger charge is -2.00. The Labute approximate surface area is 50.3 Å². The zero-order chi connectivity index (χ0) is 5.61. The Morgan fingerprint density at radius 2 is 2.00 bits per heavy atom. The van der Waals surface area contributed by atoms with E-state index in [-0.39, 0.29) is 0 Å². The fourth-order valence-electron chi connectivity index (χ4n) is 1.44. The lowest BCUT2D eigenvalue weighted by Crippen LogP contribution is -1.96. The summed E-state index contributed by atoms with van der Waals surface area (Å²) in [6.45, 7) is 0. The lowest BCUT2D eigenvalue weighted by molar-refractivity contribution is 0.582. The van der Waals surface area contributed by atoms with Crippen molar-refractivity contribution in [1.29, 1.82) is 0 Å². The third-order valence-electron chi connectivity index (χ3n) is 2.43. The molecule has 0 saturated heterocycles. The third-order valence-corrected chi connectivity index (χ3v) is 2.43. The maximum Gasteiger partial charge on any atom is 0.0341 e. The summed E-state index contributed by atoms with van der Waals surface area (Å²) < 4.78 is 0. The summed E-state index contributed by atoms with van der Waals surface area (Å²) in [5, 5.41) is 0. The van der Waals surface area contributed by atoms with Gasteiger partial charge in [-0.25, -0.2) is 0 Å². The SMILES string of the molecule is C#CC1(C2CC2)CC1. The van der Waals surface area contributed by atoms with E-state index in [1.165, 1.54) is 25.7 Å². The monoisotopic (exact) mass is 106 g/mol. The van der Waals surface area contributed by atoms with E-state index in [9.17, 15) is 0 Å². The maximum atomic E-state index is 5.36. The molecule has 2 aliphatic carbocycles. The first-order valence-electron chi connectivity index (χ1n) is 3.35. The average molecular weight is 106 g/mol. The highest BCUT2D eigenvalue weighted by atomic mass is 14.5. The van der Waals surface area contributed by atoms with Crippen LogP contribution in [0.5, 0.6) is 0 Å². The molecular formula is C8H10. The summed E-state index contributed by atoms with van der Waals surface area (Å²) in [4.78, 5) is 0. The van der Waals surface area contributed by atoms with E-state index in [0.717, 1.165) is 5.92 Å². The van der Waals surface area contributed by atoms with Gasteiger partial charge in [-0.2, -0.15) is 0 Å². The van der Waals surface area contributed by atoms with Gasteiger partial charge in [-0.15, -0.1) is 6.42 Å². The molecule has 2 rings (SSSR count). The van der Waals surface area contributed by atoms with Crippen LogP contribution in [0.3, 0.4) is 0 Å². The Hall–Kier alpha value is -0.440. The molecule has 42 valence electrons. The summed E-state index contributed by atoms with van der Waals surface area (Å²) in [7, 11) is 0. The van der Waals surface area contributed by atoms with Crippen LogP contribution in [0, 0.1) is 23.7 Å². The van der Waals surface area contributed by atoms with Gasteiger partial charge in [0.1, 0.15) is 0 Å². The van der Waals surface area contributed by atoms with E-state index in [4.69, 9.17) is 6.42 Å². The lowest BCUT2D eigenvalue weighted by atomic mass is 10.0. The van der Waals surface area contributed by atoms with E-state index in [0.29, 0.717) is 5.41 Å². The van der Waals surface area contributed by atoms with Crippen molar-refractivity contribution in [3.05, 3.63) is 0 Å². The molecule has 0 aromatic carbocycles. The van der Waals surface area contributed by atoms with Crippen molar-refractivity contribution in [2.24, 2.45) is 11.3 Å². The van der Waals surface area contributed by atoms with Gasteiger partial charge >= 0.3 is 0 Å². The third kappa shape index (κ3) is 0.422. The first-order valence-corrected chi connectivity index (χ1v) is 3.35. The molecule has 0 radical (unpaired) electrons. The van der Waals surface area contributed by atoms with Crippen molar-refractivity contribution >= 4 is 0 Å².